The summed E-state index contributed by atoms with van der Waals surface area (Å²) in [7, 11) is 0. The summed E-state index contributed by atoms with van der Waals surface area (Å²) in [5, 5.41) is 8.25. The monoisotopic (exact) mass is 415 g/mol. The third-order valence-electron chi connectivity index (χ3n) is 4.61. The molecule has 1 aliphatic heterocycles. The molecule has 0 saturated heterocycles. The van der Waals surface area contributed by atoms with Crippen molar-refractivity contribution in [3.63, 3.8) is 0 Å². The van der Waals surface area contributed by atoms with E-state index in [2.05, 4.69) is 16.0 Å². The van der Waals surface area contributed by atoms with Crippen molar-refractivity contribution in [2.75, 3.05) is 26.3 Å². The second-order valence-corrected chi connectivity index (χ2v) is 7.04. The van der Waals surface area contributed by atoms with Crippen LogP contribution in [0, 0.1) is 5.82 Å². The van der Waals surface area contributed by atoms with Crippen molar-refractivity contribution in [3.8, 4) is 11.5 Å². The molecule has 0 aromatic heterocycles. The zero-order chi connectivity index (χ0) is 21.3. The van der Waals surface area contributed by atoms with E-state index >= 15 is 0 Å². The molecule has 1 atom stereocenters. The molecule has 0 radical (unpaired) electrons. The molecule has 1 unspecified atom stereocenters. The number of hydrogen-bond acceptors (Lipinski definition) is 4. The molecule has 30 heavy (non-hydrogen) atoms. The van der Waals surface area contributed by atoms with Crippen molar-refractivity contribution in [3.05, 3.63) is 59.4 Å². The van der Waals surface area contributed by atoms with E-state index in [9.17, 15) is 14.0 Å². The number of carbonyl (C=O) groups is 2. The first-order valence-electron chi connectivity index (χ1n) is 9.96. The second kappa shape index (κ2) is 10.5. The lowest BCUT2D eigenvalue weighted by Crippen LogP contribution is -2.41. The minimum Gasteiger partial charge on any atom is -0.490 e. The van der Waals surface area contributed by atoms with E-state index in [0.717, 1.165) is 12.0 Å². The Morgan fingerprint density at radius 1 is 1.03 bits per heavy atom. The Bertz CT molecular complexity index is 890. The van der Waals surface area contributed by atoms with Gasteiger partial charge in [-0.25, -0.2) is 9.18 Å². The van der Waals surface area contributed by atoms with Gasteiger partial charge in [-0.3, -0.25) is 4.79 Å². The van der Waals surface area contributed by atoms with Crippen LogP contribution in [0.15, 0.2) is 42.5 Å². The highest BCUT2D eigenvalue weighted by atomic mass is 19.1. The van der Waals surface area contributed by atoms with Crippen molar-refractivity contribution < 1.29 is 23.5 Å². The van der Waals surface area contributed by atoms with Crippen LogP contribution in [0.5, 0.6) is 11.5 Å². The molecule has 0 aliphatic carbocycles. The van der Waals surface area contributed by atoms with Crippen LogP contribution in [-0.2, 0) is 11.2 Å². The summed E-state index contributed by atoms with van der Waals surface area (Å²) >= 11 is 0. The van der Waals surface area contributed by atoms with Gasteiger partial charge in [0.1, 0.15) is 5.82 Å². The third-order valence-corrected chi connectivity index (χ3v) is 4.61. The topological polar surface area (TPSA) is 88.7 Å². The predicted octanol–water partition coefficient (Wildman–Crippen LogP) is 2.71. The molecule has 0 saturated carbocycles. The molecule has 2 aromatic rings. The van der Waals surface area contributed by atoms with E-state index in [-0.39, 0.29) is 43.3 Å². The molecule has 8 heteroatoms. The number of carbonyl (C=O) groups excluding carboxylic acids is 2. The predicted molar refractivity (Wildman–Crippen MR) is 110 cm³/mol. The van der Waals surface area contributed by atoms with E-state index in [4.69, 9.17) is 9.47 Å². The minimum absolute atomic E-state index is 0.0884. The summed E-state index contributed by atoms with van der Waals surface area (Å²) in [4.78, 5) is 24.0. The van der Waals surface area contributed by atoms with Crippen molar-refractivity contribution in [2.24, 2.45) is 0 Å². The number of halogens is 1. The standard InChI is InChI=1S/C22H26FN3O4/c1-15(17-6-7-19-20(14-17)30-11-3-10-29-19)26-22(28)25-9-8-24-21(27)13-16-4-2-5-18(23)12-16/h2,4-7,12,14-15H,3,8-11,13H2,1H3,(H,24,27)(H2,25,26,28). The van der Waals surface area contributed by atoms with E-state index in [1.54, 1.807) is 12.1 Å². The van der Waals surface area contributed by atoms with E-state index in [1.165, 1.54) is 12.1 Å². The van der Waals surface area contributed by atoms with Gasteiger partial charge in [0.15, 0.2) is 11.5 Å². The Kier molecular flexibility index (Phi) is 7.48. The highest BCUT2D eigenvalue weighted by molar-refractivity contribution is 5.78. The Balaban J connectivity index is 1.38. The van der Waals surface area contributed by atoms with Gasteiger partial charge < -0.3 is 25.4 Å². The van der Waals surface area contributed by atoms with Crippen LogP contribution in [-0.4, -0.2) is 38.2 Å². The molecule has 160 valence electrons. The van der Waals surface area contributed by atoms with E-state index in [0.29, 0.717) is 30.3 Å². The van der Waals surface area contributed by atoms with Crippen LogP contribution >= 0.6 is 0 Å². The molecular formula is C22H26FN3O4. The van der Waals surface area contributed by atoms with Crippen molar-refractivity contribution >= 4 is 11.9 Å². The van der Waals surface area contributed by atoms with Gasteiger partial charge in [0.2, 0.25) is 5.91 Å². The molecule has 1 heterocycles. The lowest BCUT2D eigenvalue weighted by atomic mass is 10.1. The van der Waals surface area contributed by atoms with Crippen LogP contribution < -0.4 is 25.4 Å². The third kappa shape index (κ3) is 6.37. The summed E-state index contributed by atoms with van der Waals surface area (Å²) in [6.07, 6.45) is 0.921. The van der Waals surface area contributed by atoms with Gasteiger partial charge in [-0.1, -0.05) is 18.2 Å². The molecule has 0 bridgehead atoms. The normalized spacial score (nSPS) is 13.7. The molecule has 3 amide bonds. The smallest absolute Gasteiger partial charge is 0.315 e. The molecular weight excluding hydrogens is 389 g/mol. The Morgan fingerprint density at radius 2 is 1.80 bits per heavy atom. The first-order chi connectivity index (χ1) is 14.5. The summed E-state index contributed by atoms with van der Waals surface area (Å²) in [6.45, 7) is 3.65. The van der Waals surface area contributed by atoms with Crippen molar-refractivity contribution in [2.45, 2.75) is 25.8 Å². The van der Waals surface area contributed by atoms with Gasteiger partial charge in [0.05, 0.1) is 25.7 Å². The van der Waals surface area contributed by atoms with Crippen LogP contribution in [0.1, 0.15) is 30.5 Å². The number of rotatable bonds is 7. The fourth-order valence-electron chi connectivity index (χ4n) is 3.05. The Morgan fingerprint density at radius 3 is 2.60 bits per heavy atom. The summed E-state index contributed by atoms with van der Waals surface area (Å²) in [5.74, 6) is 0.784. The molecule has 3 N–H and O–H groups in total. The highest BCUT2D eigenvalue weighted by Gasteiger charge is 2.15. The van der Waals surface area contributed by atoms with Crippen LogP contribution in [0.2, 0.25) is 0 Å². The van der Waals surface area contributed by atoms with Gasteiger partial charge in [0.25, 0.3) is 0 Å². The zero-order valence-corrected chi connectivity index (χ0v) is 16.9. The Labute approximate surface area is 174 Å². The molecule has 1 aliphatic rings. The van der Waals surface area contributed by atoms with E-state index in [1.807, 2.05) is 25.1 Å². The lowest BCUT2D eigenvalue weighted by molar-refractivity contribution is -0.120. The van der Waals surface area contributed by atoms with Gasteiger partial charge in [0, 0.05) is 19.5 Å². The first-order valence-corrected chi connectivity index (χ1v) is 9.96. The number of ether oxygens (including phenoxy) is 2. The highest BCUT2D eigenvalue weighted by Crippen LogP contribution is 2.32. The molecule has 7 nitrogen and oxygen atoms in total. The number of benzene rings is 2. The number of amides is 3. The fourth-order valence-corrected chi connectivity index (χ4v) is 3.05. The molecule has 2 aromatic carbocycles. The molecule has 0 spiro atoms. The zero-order valence-electron chi connectivity index (χ0n) is 16.9. The second-order valence-electron chi connectivity index (χ2n) is 7.04. The average Bonchev–Trinajstić information content (AvgIpc) is 2.96. The number of urea groups is 1. The number of fused-ring (bicyclic) bond motifs is 1. The van der Waals surface area contributed by atoms with Gasteiger partial charge >= 0.3 is 6.03 Å². The van der Waals surface area contributed by atoms with Crippen molar-refractivity contribution in [1.29, 1.82) is 0 Å². The molecule has 0 fully saturated rings. The van der Waals surface area contributed by atoms with Gasteiger partial charge in [-0.2, -0.15) is 0 Å². The average molecular weight is 415 g/mol. The van der Waals surface area contributed by atoms with Gasteiger partial charge in [-0.15, -0.1) is 0 Å². The summed E-state index contributed by atoms with van der Waals surface area (Å²) < 4.78 is 24.4. The SMILES string of the molecule is CC(NC(=O)NCCNC(=O)Cc1cccc(F)c1)c1ccc2c(c1)OCCCO2. The maximum atomic E-state index is 13.1. The van der Waals surface area contributed by atoms with Gasteiger partial charge in [-0.05, 0) is 42.3 Å². The number of hydrogen-bond donors (Lipinski definition) is 3. The fraction of sp³-hybridized carbons (Fsp3) is 0.364. The van der Waals surface area contributed by atoms with Crippen LogP contribution in [0.4, 0.5) is 9.18 Å². The number of nitrogens with one attached hydrogen (secondary N) is 3. The minimum atomic E-state index is -0.374. The maximum Gasteiger partial charge on any atom is 0.315 e. The Hall–Kier alpha value is -3.29. The van der Waals surface area contributed by atoms with Crippen LogP contribution in [0.25, 0.3) is 0 Å². The summed E-state index contributed by atoms with van der Waals surface area (Å²) in [5.41, 5.74) is 1.50. The summed E-state index contributed by atoms with van der Waals surface area (Å²) in [6, 6.07) is 11.0. The molecule has 3 rings (SSSR count). The first kappa shape index (κ1) is 21.4. The van der Waals surface area contributed by atoms with Crippen LogP contribution in [0.3, 0.4) is 0 Å². The van der Waals surface area contributed by atoms with E-state index < -0.39 is 0 Å². The maximum absolute atomic E-state index is 13.1. The lowest BCUT2D eigenvalue weighted by Gasteiger charge is -2.17. The largest absolute Gasteiger partial charge is 0.490 e. The quantitative estimate of drug-likeness (QED) is 0.607. The van der Waals surface area contributed by atoms with Crippen molar-refractivity contribution in [1.82, 2.24) is 16.0 Å².